The molecule has 4 nitrogen and oxygen atoms in total. The van der Waals surface area contributed by atoms with Gasteiger partial charge in [-0.3, -0.25) is 4.90 Å². The molecule has 1 aromatic rings. The van der Waals surface area contributed by atoms with E-state index in [1.54, 1.807) is 6.07 Å². The van der Waals surface area contributed by atoms with Crippen LogP contribution in [0.5, 0.6) is 0 Å². The highest BCUT2D eigenvalue weighted by atomic mass is 32.2. The fourth-order valence-corrected chi connectivity index (χ4v) is 3.22. The Morgan fingerprint density at radius 1 is 1.32 bits per heavy atom. The zero-order chi connectivity index (χ0) is 16.2. The van der Waals surface area contributed by atoms with E-state index in [1.165, 1.54) is 12.1 Å². The molecule has 1 atom stereocenters. The Morgan fingerprint density at radius 2 is 2.00 bits per heavy atom. The van der Waals surface area contributed by atoms with Crippen molar-refractivity contribution in [2.24, 2.45) is 0 Å². The van der Waals surface area contributed by atoms with Gasteiger partial charge in [0.1, 0.15) is 11.2 Å². The Morgan fingerprint density at radius 3 is 2.64 bits per heavy atom. The van der Waals surface area contributed by atoms with Gasteiger partial charge in [-0.25, -0.2) is 0 Å². The Labute approximate surface area is 135 Å². The lowest BCUT2D eigenvalue weighted by atomic mass is 10.3. The van der Waals surface area contributed by atoms with Gasteiger partial charge < -0.3 is 14.6 Å². The summed E-state index contributed by atoms with van der Waals surface area (Å²) in [6.45, 7) is 4.09. The minimum Gasteiger partial charge on any atom is -0.604 e. The maximum atomic E-state index is 12.7. The van der Waals surface area contributed by atoms with E-state index in [4.69, 9.17) is 4.74 Å². The molecule has 1 aliphatic heterocycles. The summed E-state index contributed by atoms with van der Waals surface area (Å²) >= 11 is 0.938. The lowest BCUT2D eigenvalue weighted by Crippen LogP contribution is -2.39. The Bertz CT molecular complexity index is 497. The van der Waals surface area contributed by atoms with E-state index in [2.05, 4.69) is 22.8 Å². The first-order valence-electron chi connectivity index (χ1n) is 6.73. The number of hydrogen-bond donors (Lipinski definition) is 2. The van der Waals surface area contributed by atoms with E-state index in [1.807, 2.05) is 0 Å². The number of thiol groups is 1. The molecule has 0 spiro atoms. The van der Waals surface area contributed by atoms with Crippen LogP contribution in [0, 0.1) is 0 Å². The molecule has 1 aromatic carbocycles. The number of anilines is 1. The molecule has 0 saturated carbocycles. The van der Waals surface area contributed by atoms with E-state index in [0.717, 1.165) is 13.1 Å². The quantitative estimate of drug-likeness (QED) is 0.630. The van der Waals surface area contributed by atoms with Gasteiger partial charge in [0.25, 0.3) is 0 Å². The van der Waals surface area contributed by atoms with Crippen molar-refractivity contribution in [2.45, 2.75) is 15.3 Å². The molecule has 124 valence electrons. The standard InChI is InChI=1S/C13H17F3N2O2S2/c14-13(15,16)22(19)12-9-10(21)1-2-11(12)17-3-4-18-5-7-20-8-6-18/h1-2,9,17,21H,3-8H2. The predicted octanol–water partition coefficient (Wildman–Crippen LogP) is 2.35. The second kappa shape index (κ2) is 7.78. The minimum atomic E-state index is -4.79. The first-order valence-corrected chi connectivity index (χ1v) is 8.33. The second-order valence-corrected chi connectivity index (χ2v) is 6.73. The third-order valence-corrected chi connectivity index (χ3v) is 4.66. The van der Waals surface area contributed by atoms with Crippen LogP contribution in [0.2, 0.25) is 0 Å². The number of hydrogen-bond acceptors (Lipinski definition) is 5. The van der Waals surface area contributed by atoms with Crippen LogP contribution in [0.15, 0.2) is 28.0 Å². The van der Waals surface area contributed by atoms with Gasteiger partial charge in [0.2, 0.25) is 0 Å². The molecule has 9 heteroatoms. The summed E-state index contributed by atoms with van der Waals surface area (Å²) in [6, 6.07) is 4.22. The topological polar surface area (TPSA) is 47.6 Å². The number of benzene rings is 1. The summed E-state index contributed by atoms with van der Waals surface area (Å²) in [4.78, 5) is 2.21. The molecule has 1 N–H and O–H groups in total. The van der Waals surface area contributed by atoms with Gasteiger partial charge in [-0.15, -0.1) is 25.8 Å². The maximum Gasteiger partial charge on any atom is 0.578 e. The van der Waals surface area contributed by atoms with E-state index >= 15 is 0 Å². The summed E-state index contributed by atoms with van der Waals surface area (Å²) in [7, 11) is 0. The fraction of sp³-hybridized carbons (Fsp3) is 0.538. The molecule has 0 amide bonds. The Hall–Kier alpha value is -0.610. The monoisotopic (exact) mass is 354 g/mol. The van der Waals surface area contributed by atoms with Crippen molar-refractivity contribution >= 4 is 29.5 Å². The third kappa shape index (κ3) is 4.95. The zero-order valence-corrected chi connectivity index (χ0v) is 13.4. The van der Waals surface area contributed by atoms with Crippen LogP contribution in [0.4, 0.5) is 18.9 Å². The van der Waals surface area contributed by atoms with E-state index in [-0.39, 0.29) is 10.6 Å². The molecule has 0 aromatic heterocycles. The van der Waals surface area contributed by atoms with Crippen molar-refractivity contribution in [3.8, 4) is 0 Å². The van der Waals surface area contributed by atoms with Crippen LogP contribution in [-0.4, -0.2) is 54.4 Å². The van der Waals surface area contributed by atoms with Crippen LogP contribution >= 0.6 is 12.6 Å². The molecule has 1 saturated heterocycles. The van der Waals surface area contributed by atoms with Gasteiger partial charge in [0.05, 0.1) is 18.9 Å². The molecule has 0 radical (unpaired) electrons. The van der Waals surface area contributed by atoms with Crippen molar-refractivity contribution in [3.63, 3.8) is 0 Å². The van der Waals surface area contributed by atoms with Gasteiger partial charge in [-0.1, -0.05) is 0 Å². The average Bonchev–Trinajstić information content (AvgIpc) is 2.48. The van der Waals surface area contributed by atoms with E-state index < -0.39 is 16.7 Å². The van der Waals surface area contributed by atoms with Gasteiger partial charge in [-0.2, -0.15) is 0 Å². The summed E-state index contributed by atoms with van der Waals surface area (Å²) in [6.07, 6.45) is 0. The average molecular weight is 354 g/mol. The number of halogens is 3. The summed E-state index contributed by atoms with van der Waals surface area (Å²) < 4.78 is 54.9. The van der Waals surface area contributed by atoms with E-state index in [9.17, 15) is 17.7 Å². The van der Waals surface area contributed by atoms with Crippen LogP contribution in [0.1, 0.15) is 0 Å². The smallest absolute Gasteiger partial charge is 0.578 e. The third-order valence-electron chi connectivity index (χ3n) is 3.22. The maximum absolute atomic E-state index is 12.7. The number of nitrogens with zero attached hydrogens (tertiary/aromatic N) is 1. The molecule has 1 heterocycles. The van der Waals surface area contributed by atoms with Crippen molar-refractivity contribution in [1.29, 1.82) is 0 Å². The fourth-order valence-electron chi connectivity index (χ4n) is 2.11. The molecule has 1 fully saturated rings. The molecule has 0 bridgehead atoms. The lowest BCUT2D eigenvalue weighted by Gasteiger charge is -2.26. The number of nitrogens with one attached hydrogen (secondary N) is 1. The molecule has 1 unspecified atom stereocenters. The van der Waals surface area contributed by atoms with Gasteiger partial charge in [-0.05, 0) is 12.1 Å². The predicted molar refractivity (Wildman–Crippen MR) is 81.9 cm³/mol. The van der Waals surface area contributed by atoms with E-state index in [0.29, 0.717) is 31.2 Å². The number of ether oxygens (including phenoxy) is 1. The van der Waals surface area contributed by atoms with Crippen LogP contribution in [0.3, 0.4) is 0 Å². The van der Waals surface area contributed by atoms with Gasteiger partial charge in [0.15, 0.2) is 4.90 Å². The summed E-state index contributed by atoms with van der Waals surface area (Å²) in [5, 5.41) is 2.93. The largest absolute Gasteiger partial charge is 0.604 e. The minimum absolute atomic E-state index is 0.224. The molecular weight excluding hydrogens is 337 g/mol. The Kier molecular flexibility index (Phi) is 6.27. The highest BCUT2D eigenvalue weighted by molar-refractivity contribution is 7.92. The van der Waals surface area contributed by atoms with Crippen LogP contribution in [-0.2, 0) is 15.9 Å². The summed E-state index contributed by atoms with van der Waals surface area (Å²) in [5.74, 6) is 0. The lowest BCUT2D eigenvalue weighted by molar-refractivity contribution is -0.0435. The van der Waals surface area contributed by atoms with Crippen molar-refractivity contribution in [3.05, 3.63) is 18.2 Å². The summed E-state index contributed by atoms with van der Waals surface area (Å²) in [5.41, 5.74) is -4.57. The Balaban J connectivity index is 2.00. The molecule has 1 aliphatic rings. The molecule has 2 rings (SSSR count). The highest BCUT2D eigenvalue weighted by Crippen LogP contribution is 2.35. The van der Waals surface area contributed by atoms with Crippen molar-refractivity contribution in [1.82, 2.24) is 4.90 Å². The molecule has 0 aliphatic carbocycles. The second-order valence-electron chi connectivity index (χ2n) is 4.78. The van der Waals surface area contributed by atoms with Gasteiger partial charge >= 0.3 is 5.51 Å². The SMILES string of the molecule is [O-][S+](c1cc(S)ccc1NCCN1CCOCC1)C(F)(F)F. The molecular formula is C13H17F3N2O2S2. The van der Waals surface area contributed by atoms with Crippen LogP contribution in [0.25, 0.3) is 0 Å². The first kappa shape index (κ1) is 17.7. The number of alkyl halides is 3. The van der Waals surface area contributed by atoms with Crippen molar-refractivity contribution in [2.75, 3.05) is 44.7 Å². The van der Waals surface area contributed by atoms with Crippen molar-refractivity contribution < 1.29 is 22.5 Å². The number of rotatable bonds is 5. The normalized spacial score (nSPS) is 18.2. The highest BCUT2D eigenvalue weighted by Gasteiger charge is 2.47. The number of morpholine rings is 1. The van der Waals surface area contributed by atoms with Crippen LogP contribution < -0.4 is 5.32 Å². The first-order chi connectivity index (χ1) is 10.4. The zero-order valence-electron chi connectivity index (χ0n) is 11.7. The van der Waals surface area contributed by atoms with Gasteiger partial charge in [0, 0.05) is 37.1 Å². The molecule has 22 heavy (non-hydrogen) atoms.